The van der Waals surface area contributed by atoms with Crippen LogP contribution in [-0.4, -0.2) is 28.0 Å². The second kappa shape index (κ2) is 10.3. The van der Waals surface area contributed by atoms with Crippen LogP contribution in [0.3, 0.4) is 0 Å². The van der Waals surface area contributed by atoms with E-state index in [2.05, 4.69) is 5.32 Å². The standard InChI is InChI=1S/C25H27ClN2O4S/c1-17-5-6-20(15-18(17)2)19(3)27-25(29)16-28(22-9-7-21(26)8-10-22)33(30,31)24-13-11-23(32-4)12-14-24/h5-15,19H,16H2,1-4H3,(H,27,29). The van der Waals surface area contributed by atoms with E-state index in [1.54, 1.807) is 36.4 Å². The lowest BCUT2D eigenvalue weighted by Gasteiger charge is -2.25. The van der Waals surface area contributed by atoms with Crippen molar-refractivity contribution in [2.45, 2.75) is 31.7 Å². The van der Waals surface area contributed by atoms with Crippen LogP contribution in [-0.2, 0) is 14.8 Å². The molecule has 3 aromatic rings. The minimum atomic E-state index is -4.03. The molecule has 1 unspecified atom stereocenters. The summed E-state index contributed by atoms with van der Waals surface area (Å²) in [6, 6.07) is 18.0. The molecule has 0 heterocycles. The first-order valence-electron chi connectivity index (χ1n) is 10.4. The summed E-state index contributed by atoms with van der Waals surface area (Å²) < 4.78 is 33.1. The highest BCUT2D eigenvalue weighted by molar-refractivity contribution is 7.92. The lowest BCUT2D eigenvalue weighted by atomic mass is 10.0. The monoisotopic (exact) mass is 486 g/mol. The molecule has 6 nitrogen and oxygen atoms in total. The Morgan fingerprint density at radius 1 is 1.00 bits per heavy atom. The highest BCUT2D eigenvalue weighted by Crippen LogP contribution is 2.26. The molecular weight excluding hydrogens is 460 g/mol. The maximum absolute atomic E-state index is 13.5. The second-order valence-corrected chi connectivity index (χ2v) is 10.1. The second-order valence-electron chi connectivity index (χ2n) is 7.80. The number of sulfonamides is 1. The predicted octanol–water partition coefficient (Wildman–Crippen LogP) is 5.04. The van der Waals surface area contributed by atoms with E-state index in [-0.39, 0.29) is 17.5 Å². The number of hydrogen-bond acceptors (Lipinski definition) is 4. The molecule has 33 heavy (non-hydrogen) atoms. The third-order valence-corrected chi connectivity index (χ3v) is 7.50. The number of carbonyl (C=O) groups excluding carboxylic acids is 1. The van der Waals surface area contributed by atoms with Crippen LogP contribution in [0.4, 0.5) is 5.69 Å². The van der Waals surface area contributed by atoms with Gasteiger partial charge in [0.1, 0.15) is 12.3 Å². The summed E-state index contributed by atoms with van der Waals surface area (Å²) >= 11 is 5.99. The zero-order chi connectivity index (χ0) is 24.2. The lowest BCUT2D eigenvalue weighted by Crippen LogP contribution is -2.41. The lowest BCUT2D eigenvalue weighted by molar-refractivity contribution is -0.120. The van der Waals surface area contributed by atoms with Gasteiger partial charge in [-0.25, -0.2) is 8.42 Å². The van der Waals surface area contributed by atoms with Gasteiger partial charge < -0.3 is 10.1 Å². The number of benzene rings is 3. The summed E-state index contributed by atoms with van der Waals surface area (Å²) in [5, 5.41) is 3.37. The van der Waals surface area contributed by atoms with Crippen molar-refractivity contribution in [3.8, 4) is 5.75 Å². The SMILES string of the molecule is COc1ccc(S(=O)(=O)N(CC(=O)NC(C)c2ccc(C)c(C)c2)c2ccc(Cl)cc2)cc1. The van der Waals surface area contributed by atoms with E-state index in [9.17, 15) is 13.2 Å². The molecule has 1 amide bonds. The Morgan fingerprint density at radius 3 is 2.21 bits per heavy atom. The minimum absolute atomic E-state index is 0.0493. The molecule has 1 atom stereocenters. The Labute approximate surface area is 200 Å². The molecule has 0 saturated heterocycles. The van der Waals surface area contributed by atoms with Gasteiger partial charge in [-0.1, -0.05) is 29.8 Å². The maximum atomic E-state index is 13.5. The molecule has 0 aliphatic carbocycles. The summed E-state index contributed by atoms with van der Waals surface area (Å²) in [5.74, 6) is 0.111. The van der Waals surface area contributed by atoms with E-state index >= 15 is 0 Å². The summed E-state index contributed by atoms with van der Waals surface area (Å²) in [6.07, 6.45) is 0. The molecular formula is C25H27ClN2O4S. The van der Waals surface area contributed by atoms with Gasteiger partial charge in [0.15, 0.2) is 0 Å². The quantitative estimate of drug-likeness (QED) is 0.484. The van der Waals surface area contributed by atoms with Crippen LogP contribution < -0.4 is 14.4 Å². The fourth-order valence-corrected chi connectivity index (χ4v) is 4.88. The van der Waals surface area contributed by atoms with Crippen molar-refractivity contribution >= 4 is 33.2 Å². The number of methoxy groups -OCH3 is 1. The van der Waals surface area contributed by atoms with Crippen LogP contribution in [0.1, 0.15) is 29.7 Å². The zero-order valence-electron chi connectivity index (χ0n) is 19.0. The van der Waals surface area contributed by atoms with Gasteiger partial charge in [-0.2, -0.15) is 0 Å². The topological polar surface area (TPSA) is 75.7 Å². The van der Waals surface area contributed by atoms with E-state index in [4.69, 9.17) is 16.3 Å². The van der Waals surface area contributed by atoms with Crippen molar-refractivity contribution in [1.29, 1.82) is 0 Å². The fourth-order valence-electron chi connectivity index (χ4n) is 3.33. The Hall–Kier alpha value is -3.03. The fraction of sp³-hybridized carbons (Fsp3) is 0.240. The summed E-state index contributed by atoms with van der Waals surface area (Å²) in [5.41, 5.74) is 3.57. The van der Waals surface area contributed by atoms with E-state index < -0.39 is 15.9 Å². The summed E-state index contributed by atoms with van der Waals surface area (Å²) in [7, 11) is -2.52. The van der Waals surface area contributed by atoms with Crippen LogP contribution in [0.5, 0.6) is 5.75 Å². The number of aryl methyl sites for hydroxylation is 2. The van der Waals surface area contributed by atoms with E-state index in [0.29, 0.717) is 16.5 Å². The van der Waals surface area contributed by atoms with Crippen molar-refractivity contribution in [3.63, 3.8) is 0 Å². The number of anilines is 1. The van der Waals surface area contributed by atoms with E-state index in [1.807, 2.05) is 39.0 Å². The average molecular weight is 487 g/mol. The molecule has 3 aromatic carbocycles. The first kappa shape index (κ1) is 24.6. The van der Waals surface area contributed by atoms with Gasteiger partial charge in [0.25, 0.3) is 10.0 Å². The van der Waals surface area contributed by atoms with Crippen LogP contribution in [0, 0.1) is 13.8 Å². The predicted molar refractivity (Wildman–Crippen MR) is 131 cm³/mol. The van der Waals surface area contributed by atoms with Crippen molar-refractivity contribution in [3.05, 3.63) is 88.4 Å². The number of hydrogen-bond donors (Lipinski definition) is 1. The highest BCUT2D eigenvalue weighted by Gasteiger charge is 2.28. The number of amides is 1. The summed E-state index contributed by atoms with van der Waals surface area (Å²) in [6.45, 7) is 5.52. The van der Waals surface area contributed by atoms with Crippen LogP contribution in [0.15, 0.2) is 71.6 Å². The molecule has 0 spiro atoms. The van der Waals surface area contributed by atoms with Crippen LogP contribution >= 0.6 is 11.6 Å². The largest absolute Gasteiger partial charge is 0.497 e. The van der Waals surface area contributed by atoms with E-state index in [1.165, 1.54) is 19.2 Å². The van der Waals surface area contributed by atoms with Gasteiger partial charge in [-0.15, -0.1) is 0 Å². The number of nitrogens with one attached hydrogen (secondary N) is 1. The Balaban J connectivity index is 1.88. The number of rotatable bonds is 8. The van der Waals surface area contributed by atoms with Crippen molar-refractivity contribution < 1.29 is 17.9 Å². The third-order valence-electron chi connectivity index (χ3n) is 5.46. The molecule has 0 aliphatic heterocycles. The molecule has 0 aliphatic rings. The van der Waals surface area contributed by atoms with Crippen molar-refractivity contribution in [1.82, 2.24) is 5.32 Å². The Bertz CT molecular complexity index is 1230. The first-order chi connectivity index (χ1) is 15.6. The molecule has 3 rings (SSSR count). The Morgan fingerprint density at radius 2 is 1.64 bits per heavy atom. The smallest absolute Gasteiger partial charge is 0.264 e. The first-order valence-corrected chi connectivity index (χ1v) is 12.2. The molecule has 174 valence electrons. The van der Waals surface area contributed by atoms with Crippen LogP contribution in [0.25, 0.3) is 0 Å². The third kappa shape index (κ3) is 5.86. The highest BCUT2D eigenvalue weighted by atomic mass is 35.5. The number of halogens is 1. The van der Waals surface area contributed by atoms with Crippen molar-refractivity contribution in [2.75, 3.05) is 18.0 Å². The van der Waals surface area contributed by atoms with Gasteiger partial charge in [0.2, 0.25) is 5.91 Å². The molecule has 0 saturated carbocycles. The molecule has 1 N–H and O–H groups in total. The van der Waals surface area contributed by atoms with Gasteiger partial charge in [-0.05, 0) is 86.0 Å². The van der Waals surface area contributed by atoms with Crippen molar-refractivity contribution in [2.24, 2.45) is 0 Å². The number of ether oxygens (including phenoxy) is 1. The van der Waals surface area contributed by atoms with Gasteiger partial charge >= 0.3 is 0 Å². The van der Waals surface area contributed by atoms with Gasteiger partial charge in [-0.3, -0.25) is 9.10 Å². The molecule has 0 radical (unpaired) electrons. The van der Waals surface area contributed by atoms with Gasteiger partial charge in [0, 0.05) is 5.02 Å². The average Bonchev–Trinajstić information content (AvgIpc) is 2.80. The summed E-state index contributed by atoms with van der Waals surface area (Å²) in [4.78, 5) is 13.0. The normalized spacial score (nSPS) is 12.2. The molecule has 0 aromatic heterocycles. The Kier molecular flexibility index (Phi) is 7.66. The maximum Gasteiger partial charge on any atom is 0.264 e. The zero-order valence-corrected chi connectivity index (χ0v) is 20.6. The van der Waals surface area contributed by atoms with Crippen LogP contribution in [0.2, 0.25) is 5.02 Å². The van der Waals surface area contributed by atoms with Gasteiger partial charge in [0.05, 0.1) is 23.7 Å². The minimum Gasteiger partial charge on any atom is -0.497 e. The molecule has 0 fully saturated rings. The van der Waals surface area contributed by atoms with E-state index in [0.717, 1.165) is 21.0 Å². The molecule has 8 heteroatoms. The number of carbonyl (C=O) groups is 1. The number of nitrogens with zero attached hydrogens (tertiary/aromatic N) is 1. The molecule has 0 bridgehead atoms.